The predicted octanol–water partition coefficient (Wildman–Crippen LogP) is 2.98. The highest BCUT2D eigenvalue weighted by molar-refractivity contribution is 5.65. The van der Waals surface area contributed by atoms with Gasteiger partial charge in [0.25, 0.3) is 5.69 Å². The molecule has 2 aromatic rings. The molecule has 0 aliphatic heterocycles. The topological polar surface area (TPSA) is 83.8 Å². The molecule has 0 amide bonds. The minimum Gasteiger partial charge on any atom is -0.379 e. The van der Waals surface area contributed by atoms with Gasteiger partial charge in [-0.3, -0.25) is 15.2 Å². The van der Waals surface area contributed by atoms with Gasteiger partial charge in [-0.25, -0.2) is 0 Å². The zero-order valence-electron chi connectivity index (χ0n) is 11.6. The maximum atomic E-state index is 11.0. The van der Waals surface area contributed by atoms with Gasteiger partial charge in [0.15, 0.2) is 0 Å². The van der Waals surface area contributed by atoms with E-state index in [9.17, 15) is 10.1 Å². The van der Waals surface area contributed by atoms with Crippen LogP contribution in [0.4, 0.5) is 11.4 Å². The summed E-state index contributed by atoms with van der Waals surface area (Å²) in [5.41, 5.74) is 3.89. The molecule has 0 unspecified atom stereocenters. The fraction of sp³-hybridized carbons (Fsp3) is 0.357. The van der Waals surface area contributed by atoms with Crippen molar-refractivity contribution >= 4 is 11.4 Å². The van der Waals surface area contributed by atoms with Crippen molar-refractivity contribution < 1.29 is 4.92 Å². The lowest BCUT2D eigenvalue weighted by atomic mass is 10.1. The van der Waals surface area contributed by atoms with Gasteiger partial charge in [0, 0.05) is 18.3 Å². The number of benzene rings is 1. The zero-order valence-corrected chi connectivity index (χ0v) is 11.6. The van der Waals surface area contributed by atoms with Gasteiger partial charge in [-0.2, -0.15) is 5.10 Å². The van der Waals surface area contributed by atoms with Gasteiger partial charge < -0.3 is 5.32 Å². The molecule has 2 N–H and O–H groups in total. The van der Waals surface area contributed by atoms with E-state index in [2.05, 4.69) is 15.5 Å². The summed E-state index contributed by atoms with van der Waals surface area (Å²) in [6, 6.07) is 5.10. The second-order valence-electron chi connectivity index (χ2n) is 4.78. The van der Waals surface area contributed by atoms with Crippen LogP contribution in [0.2, 0.25) is 0 Å². The van der Waals surface area contributed by atoms with Crippen LogP contribution >= 0.6 is 0 Å². The molecular formula is C14H18N4O2. The molecule has 106 valence electrons. The maximum absolute atomic E-state index is 11.0. The third kappa shape index (κ3) is 3.14. The molecule has 0 bridgehead atoms. The van der Waals surface area contributed by atoms with Gasteiger partial charge in [0.2, 0.25) is 0 Å². The SMILES string of the molecule is Cc1cccc([N+](=O)[O-])c1NCCCc1cn[nH]c1C. The fourth-order valence-electron chi connectivity index (χ4n) is 2.15. The van der Waals surface area contributed by atoms with Crippen LogP contribution in [0.15, 0.2) is 24.4 Å². The van der Waals surface area contributed by atoms with E-state index in [1.165, 1.54) is 11.6 Å². The molecule has 0 saturated carbocycles. The third-order valence-corrected chi connectivity index (χ3v) is 3.31. The Morgan fingerprint density at radius 2 is 2.20 bits per heavy atom. The number of nitro benzene ring substituents is 1. The number of hydrogen-bond acceptors (Lipinski definition) is 4. The number of hydrogen-bond donors (Lipinski definition) is 2. The van der Waals surface area contributed by atoms with E-state index < -0.39 is 0 Å². The van der Waals surface area contributed by atoms with Crippen molar-refractivity contribution in [2.45, 2.75) is 26.7 Å². The first-order valence-electron chi connectivity index (χ1n) is 6.56. The van der Waals surface area contributed by atoms with Crippen molar-refractivity contribution in [3.8, 4) is 0 Å². The van der Waals surface area contributed by atoms with Crippen LogP contribution in [0, 0.1) is 24.0 Å². The molecular weight excluding hydrogens is 256 g/mol. The lowest BCUT2D eigenvalue weighted by Gasteiger charge is -2.09. The third-order valence-electron chi connectivity index (χ3n) is 3.31. The van der Waals surface area contributed by atoms with Crippen LogP contribution in [0.25, 0.3) is 0 Å². The Labute approximate surface area is 117 Å². The fourth-order valence-corrected chi connectivity index (χ4v) is 2.15. The summed E-state index contributed by atoms with van der Waals surface area (Å²) >= 11 is 0. The largest absolute Gasteiger partial charge is 0.379 e. The lowest BCUT2D eigenvalue weighted by Crippen LogP contribution is -2.07. The van der Waals surface area contributed by atoms with Crippen molar-refractivity contribution in [1.82, 2.24) is 10.2 Å². The minimum atomic E-state index is -0.352. The Morgan fingerprint density at radius 1 is 1.40 bits per heavy atom. The molecule has 1 aromatic heterocycles. The summed E-state index contributed by atoms with van der Waals surface area (Å²) < 4.78 is 0. The highest BCUT2D eigenvalue weighted by atomic mass is 16.6. The number of nitrogens with zero attached hydrogens (tertiary/aromatic N) is 2. The molecule has 0 aliphatic carbocycles. The maximum Gasteiger partial charge on any atom is 0.292 e. The van der Waals surface area contributed by atoms with Crippen LogP contribution in [-0.2, 0) is 6.42 Å². The first-order valence-corrected chi connectivity index (χ1v) is 6.56. The smallest absolute Gasteiger partial charge is 0.292 e. The quantitative estimate of drug-likeness (QED) is 0.482. The Morgan fingerprint density at radius 3 is 2.85 bits per heavy atom. The normalized spacial score (nSPS) is 10.5. The van der Waals surface area contributed by atoms with E-state index in [1.54, 1.807) is 6.07 Å². The first-order chi connectivity index (χ1) is 9.59. The van der Waals surface area contributed by atoms with Crippen LogP contribution in [-0.4, -0.2) is 21.7 Å². The number of aryl methyl sites for hydroxylation is 3. The number of para-hydroxylation sites is 1. The van der Waals surface area contributed by atoms with E-state index >= 15 is 0 Å². The zero-order chi connectivity index (χ0) is 14.5. The summed E-state index contributed by atoms with van der Waals surface area (Å²) in [5, 5.41) is 21.0. The van der Waals surface area contributed by atoms with Gasteiger partial charge in [0.05, 0.1) is 11.1 Å². The highest BCUT2D eigenvalue weighted by Gasteiger charge is 2.14. The molecule has 0 atom stereocenters. The van der Waals surface area contributed by atoms with E-state index in [4.69, 9.17) is 0 Å². The van der Waals surface area contributed by atoms with Gasteiger partial charge >= 0.3 is 0 Å². The van der Waals surface area contributed by atoms with Gasteiger partial charge in [-0.15, -0.1) is 0 Å². The summed E-state index contributed by atoms with van der Waals surface area (Å²) in [7, 11) is 0. The molecule has 20 heavy (non-hydrogen) atoms. The Bertz CT molecular complexity index is 607. The number of H-pyrrole nitrogens is 1. The Kier molecular flexibility index (Phi) is 4.34. The standard InChI is InChI=1S/C14H18N4O2/c1-10-5-3-7-13(18(19)20)14(10)15-8-4-6-12-9-16-17-11(12)2/h3,5,7,9,15H,4,6,8H2,1-2H3,(H,16,17). The second-order valence-corrected chi connectivity index (χ2v) is 4.78. The molecule has 0 radical (unpaired) electrons. The summed E-state index contributed by atoms with van der Waals surface area (Å²) in [4.78, 5) is 10.6. The number of nitro groups is 1. The summed E-state index contributed by atoms with van der Waals surface area (Å²) in [6.07, 6.45) is 3.62. The first kappa shape index (κ1) is 14.0. The highest BCUT2D eigenvalue weighted by Crippen LogP contribution is 2.27. The van der Waals surface area contributed by atoms with Crippen molar-refractivity contribution in [1.29, 1.82) is 0 Å². The monoisotopic (exact) mass is 274 g/mol. The second kappa shape index (κ2) is 6.18. The van der Waals surface area contributed by atoms with E-state index in [0.29, 0.717) is 12.2 Å². The van der Waals surface area contributed by atoms with Crippen LogP contribution in [0.1, 0.15) is 23.2 Å². The number of aromatic nitrogens is 2. The number of rotatable bonds is 6. The summed E-state index contributed by atoms with van der Waals surface area (Å²) in [6.45, 7) is 4.55. The van der Waals surface area contributed by atoms with E-state index in [-0.39, 0.29) is 10.6 Å². The number of nitrogens with one attached hydrogen (secondary N) is 2. The molecule has 1 aromatic carbocycles. The average Bonchev–Trinajstić information content (AvgIpc) is 2.81. The summed E-state index contributed by atoms with van der Waals surface area (Å²) in [5.74, 6) is 0. The molecule has 0 fully saturated rings. The van der Waals surface area contributed by atoms with E-state index in [0.717, 1.165) is 24.1 Å². The minimum absolute atomic E-state index is 0.129. The number of anilines is 1. The van der Waals surface area contributed by atoms with Gasteiger partial charge in [-0.1, -0.05) is 12.1 Å². The molecule has 2 rings (SSSR count). The van der Waals surface area contributed by atoms with Gasteiger partial charge in [0.1, 0.15) is 5.69 Å². The molecule has 6 heteroatoms. The molecule has 0 saturated heterocycles. The van der Waals surface area contributed by atoms with Gasteiger partial charge in [-0.05, 0) is 37.8 Å². The molecule has 6 nitrogen and oxygen atoms in total. The van der Waals surface area contributed by atoms with Crippen molar-refractivity contribution in [3.05, 3.63) is 51.3 Å². The lowest BCUT2D eigenvalue weighted by molar-refractivity contribution is -0.384. The van der Waals surface area contributed by atoms with Crippen molar-refractivity contribution in [3.63, 3.8) is 0 Å². The Hall–Kier alpha value is -2.37. The average molecular weight is 274 g/mol. The molecule has 0 spiro atoms. The van der Waals surface area contributed by atoms with Crippen LogP contribution < -0.4 is 5.32 Å². The molecule has 1 heterocycles. The van der Waals surface area contributed by atoms with Crippen LogP contribution in [0.3, 0.4) is 0 Å². The Balaban J connectivity index is 1.94. The van der Waals surface area contributed by atoms with Crippen molar-refractivity contribution in [2.75, 3.05) is 11.9 Å². The van der Waals surface area contributed by atoms with Crippen molar-refractivity contribution in [2.24, 2.45) is 0 Å². The number of aromatic amines is 1. The predicted molar refractivity (Wildman–Crippen MR) is 78.0 cm³/mol. The van der Waals surface area contributed by atoms with Crippen LogP contribution in [0.5, 0.6) is 0 Å². The molecule has 0 aliphatic rings. The van der Waals surface area contributed by atoms with E-state index in [1.807, 2.05) is 26.1 Å².